The van der Waals surface area contributed by atoms with Crippen LogP contribution in [-0.2, 0) is 29.4 Å². The van der Waals surface area contributed by atoms with Gasteiger partial charge in [0.2, 0.25) is 0 Å². The predicted molar refractivity (Wildman–Crippen MR) is 122 cm³/mol. The first-order valence-corrected chi connectivity index (χ1v) is 11.0. The van der Waals surface area contributed by atoms with Crippen LogP contribution in [0.3, 0.4) is 0 Å². The van der Waals surface area contributed by atoms with Gasteiger partial charge in [-0.2, -0.15) is 10.4 Å². The highest BCUT2D eigenvalue weighted by molar-refractivity contribution is 5.75. The molecule has 2 aromatic heterocycles. The van der Waals surface area contributed by atoms with Crippen LogP contribution >= 0.6 is 0 Å². The summed E-state index contributed by atoms with van der Waals surface area (Å²) in [5, 5.41) is 22.1. The molecule has 0 saturated carbocycles. The number of nitriles is 1. The number of hydrogen-bond acceptors (Lipinski definition) is 10. The zero-order valence-corrected chi connectivity index (χ0v) is 20.3. The lowest BCUT2D eigenvalue weighted by Crippen LogP contribution is -2.29. The molecule has 0 spiro atoms. The molecule has 0 radical (unpaired) electrons. The number of nitrogens with zero attached hydrogens (tertiary/aromatic N) is 4. The van der Waals surface area contributed by atoms with Crippen molar-refractivity contribution in [3.63, 3.8) is 0 Å². The molecule has 1 aliphatic heterocycles. The van der Waals surface area contributed by atoms with E-state index in [9.17, 15) is 14.9 Å². The van der Waals surface area contributed by atoms with E-state index in [1.54, 1.807) is 37.4 Å². The fourth-order valence-corrected chi connectivity index (χ4v) is 3.32. The van der Waals surface area contributed by atoms with Crippen LogP contribution in [0.2, 0.25) is 0 Å². The number of carbonyl (C=O) groups is 2. The molecular formula is C23H33N5O6. The lowest BCUT2D eigenvalue weighted by atomic mass is 9.98. The molecule has 2 atom stereocenters. The Kier molecular flexibility index (Phi) is 8.95. The highest BCUT2D eigenvalue weighted by atomic mass is 16.6. The Balaban J connectivity index is 0.000000387. The lowest BCUT2D eigenvalue weighted by molar-refractivity contribution is -0.161. The molecule has 34 heavy (non-hydrogen) atoms. The van der Waals surface area contributed by atoms with Gasteiger partial charge in [-0.05, 0) is 51.7 Å². The maximum absolute atomic E-state index is 11.7. The maximum atomic E-state index is 11.7. The molecule has 1 aliphatic rings. The standard InChI is InChI=1S/C17H21N5O3.C6H12O3/c1-11(2)7-15(23)24-8-12-5-6-17(9-18,25-12)14-4-3-13-16(19)20-10-21-22(13)14;1-6(2,3)5(8)9-4-7/h3-4,10-12H,5-8H2,1-2H3,(H2,19,20,21);7H,4H2,1-3H3. The van der Waals surface area contributed by atoms with Crippen molar-refractivity contribution in [2.24, 2.45) is 11.3 Å². The number of aliphatic hydroxyl groups is 1. The highest BCUT2D eigenvalue weighted by Crippen LogP contribution is 2.39. The first-order valence-electron chi connectivity index (χ1n) is 11.0. The molecule has 3 heterocycles. The minimum atomic E-state index is -1.14. The van der Waals surface area contributed by atoms with Crippen molar-refractivity contribution in [2.45, 2.75) is 65.6 Å². The van der Waals surface area contributed by atoms with Crippen LogP contribution in [0.25, 0.3) is 5.52 Å². The van der Waals surface area contributed by atoms with Gasteiger partial charge in [-0.25, -0.2) is 9.50 Å². The van der Waals surface area contributed by atoms with Crippen molar-refractivity contribution in [2.75, 3.05) is 19.1 Å². The van der Waals surface area contributed by atoms with Crippen molar-refractivity contribution >= 4 is 23.3 Å². The quantitative estimate of drug-likeness (QED) is 0.468. The second kappa shape index (κ2) is 11.3. The Labute approximate surface area is 198 Å². The van der Waals surface area contributed by atoms with Gasteiger partial charge >= 0.3 is 11.9 Å². The van der Waals surface area contributed by atoms with Crippen LogP contribution in [0.15, 0.2) is 18.5 Å². The molecule has 0 aromatic carbocycles. The van der Waals surface area contributed by atoms with Crippen LogP contribution in [0.5, 0.6) is 0 Å². The average Bonchev–Trinajstić information content (AvgIpc) is 3.38. The summed E-state index contributed by atoms with van der Waals surface area (Å²) in [5.41, 5.74) is 5.43. The number of anilines is 1. The van der Waals surface area contributed by atoms with Crippen LogP contribution in [0, 0.1) is 22.7 Å². The molecule has 3 rings (SSSR count). The fraction of sp³-hybridized carbons (Fsp3) is 0.609. The minimum absolute atomic E-state index is 0.148. The second-order valence-corrected chi connectivity index (χ2v) is 9.47. The third-order valence-electron chi connectivity index (χ3n) is 5.08. The monoisotopic (exact) mass is 475 g/mol. The van der Waals surface area contributed by atoms with Crippen molar-refractivity contribution in [3.05, 3.63) is 24.2 Å². The van der Waals surface area contributed by atoms with Gasteiger partial charge in [0, 0.05) is 6.42 Å². The smallest absolute Gasteiger partial charge is 0.313 e. The SMILES string of the molecule is CC(C)(C)C(=O)OCO.CC(C)CC(=O)OCC1CCC(C#N)(c2ccc3c(N)ncnn23)O1. The Morgan fingerprint density at radius 1 is 1.38 bits per heavy atom. The normalized spacial score (nSPS) is 19.9. The fourth-order valence-electron chi connectivity index (χ4n) is 3.32. The zero-order valence-electron chi connectivity index (χ0n) is 20.3. The molecule has 3 N–H and O–H groups in total. The zero-order chi connectivity index (χ0) is 25.5. The van der Waals surface area contributed by atoms with Gasteiger partial charge in [-0.15, -0.1) is 0 Å². The molecule has 1 fully saturated rings. The number of aliphatic hydroxyl groups excluding tert-OH is 1. The third kappa shape index (κ3) is 6.65. The lowest BCUT2D eigenvalue weighted by Gasteiger charge is -2.21. The number of fused-ring (bicyclic) bond motifs is 1. The van der Waals surface area contributed by atoms with E-state index < -0.39 is 17.8 Å². The number of esters is 2. The Bertz CT molecular complexity index is 1040. The van der Waals surface area contributed by atoms with Crippen LogP contribution < -0.4 is 5.73 Å². The number of ether oxygens (including phenoxy) is 3. The van der Waals surface area contributed by atoms with Crippen molar-refractivity contribution < 1.29 is 28.9 Å². The molecule has 0 amide bonds. The molecular weight excluding hydrogens is 442 g/mol. The van der Waals surface area contributed by atoms with E-state index in [2.05, 4.69) is 20.9 Å². The second-order valence-electron chi connectivity index (χ2n) is 9.47. The average molecular weight is 476 g/mol. The first-order chi connectivity index (χ1) is 15.9. The summed E-state index contributed by atoms with van der Waals surface area (Å²) in [6.45, 7) is 8.71. The summed E-state index contributed by atoms with van der Waals surface area (Å²) in [6.07, 6.45) is 2.51. The number of rotatable bonds is 6. The van der Waals surface area contributed by atoms with E-state index in [1.165, 1.54) is 6.33 Å². The molecule has 2 aromatic rings. The molecule has 2 unspecified atom stereocenters. The molecule has 0 aliphatic carbocycles. The predicted octanol–water partition coefficient (Wildman–Crippen LogP) is 2.32. The van der Waals surface area contributed by atoms with Crippen LogP contribution in [-0.4, -0.2) is 51.1 Å². The Morgan fingerprint density at radius 2 is 2.09 bits per heavy atom. The summed E-state index contributed by atoms with van der Waals surface area (Å²) >= 11 is 0. The van der Waals surface area contributed by atoms with Gasteiger partial charge in [-0.1, -0.05) is 13.8 Å². The number of nitrogens with two attached hydrogens (primary N) is 1. The summed E-state index contributed by atoms with van der Waals surface area (Å²) in [5.74, 6) is -0.0503. The summed E-state index contributed by atoms with van der Waals surface area (Å²) in [6, 6.07) is 5.80. The number of hydrogen-bond donors (Lipinski definition) is 2. The van der Waals surface area contributed by atoms with Gasteiger partial charge in [0.1, 0.15) is 24.5 Å². The van der Waals surface area contributed by atoms with Crippen molar-refractivity contribution in [1.29, 1.82) is 5.26 Å². The van der Waals surface area contributed by atoms with Crippen molar-refractivity contribution in [1.82, 2.24) is 14.6 Å². The largest absolute Gasteiger partial charge is 0.463 e. The van der Waals surface area contributed by atoms with Gasteiger partial charge in [0.25, 0.3) is 0 Å². The van der Waals surface area contributed by atoms with E-state index in [0.717, 1.165) is 0 Å². The summed E-state index contributed by atoms with van der Waals surface area (Å²) in [7, 11) is 0. The van der Waals surface area contributed by atoms with Gasteiger partial charge < -0.3 is 25.1 Å². The van der Waals surface area contributed by atoms with Gasteiger partial charge in [0.15, 0.2) is 18.2 Å². The molecule has 11 heteroatoms. The Morgan fingerprint density at radius 3 is 2.65 bits per heavy atom. The number of aromatic nitrogens is 3. The van der Waals surface area contributed by atoms with E-state index in [1.807, 2.05) is 13.8 Å². The number of carbonyl (C=O) groups excluding carboxylic acids is 2. The van der Waals surface area contributed by atoms with Gasteiger partial charge in [0.05, 0.1) is 17.2 Å². The van der Waals surface area contributed by atoms with E-state index >= 15 is 0 Å². The van der Waals surface area contributed by atoms with Gasteiger partial charge in [-0.3, -0.25) is 9.59 Å². The first kappa shape index (κ1) is 27.0. The minimum Gasteiger partial charge on any atom is -0.463 e. The highest BCUT2D eigenvalue weighted by Gasteiger charge is 2.45. The maximum Gasteiger partial charge on any atom is 0.313 e. The molecule has 186 valence electrons. The third-order valence-corrected chi connectivity index (χ3v) is 5.08. The molecule has 1 saturated heterocycles. The van der Waals surface area contributed by atoms with E-state index in [0.29, 0.717) is 36.3 Å². The Hall–Kier alpha value is -3.23. The van der Waals surface area contributed by atoms with E-state index in [4.69, 9.17) is 20.3 Å². The molecule has 11 nitrogen and oxygen atoms in total. The number of nitrogen functional groups attached to an aromatic ring is 1. The summed E-state index contributed by atoms with van der Waals surface area (Å²) in [4.78, 5) is 26.3. The van der Waals surface area contributed by atoms with Crippen LogP contribution in [0.1, 0.15) is 59.6 Å². The summed E-state index contributed by atoms with van der Waals surface area (Å²) < 4.78 is 17.2. The topological polar surface area (TPSA) is 162 Å². The van der Waals surface area contributed by atoms with Crippen molar-refractivity contribution in [3.8, 4) is 6.07 Å². The van der Waals surface area contributed by atoms with E-state index in [-0.39, 0.29) is 30.6 Å². The molecule has 0 bridgehead atoms. The van der Waals surface area contributed by atoms with Crippen LogP contribution in [0.4, 0.5) is 5.82 Å².